The number of rotatable bonds is 6. The Bertz CT molecular complexity index is 132. The molecule has 1 aliphatic carbocycles. The zero-order valence-corrected chi connectivity index (χ0v) is 8.92. The average molecular weight is 185 g/mol. The largest absolute Gasteiger partial charge is 0.396 e. The van der Waals surface area contributed by atoms with E-state index in [4.69, 9.17) is 5.11 Å². The van der Waals surface area contributed by atoms with Gasteiger partial charge < -0.3 is 10.4 Å². The van der Waals surface area contributed by atoms with Crippen LogP contribution in [0.2, 0.25) is 0 Å². The molecule has 2 heteroatoms. The van der Waals surface area contributed by atoms with Crippen molar-refractivity contribution in [2.45, 2.75) is 33.1 Å². The molecule has 1 fully saturated rings. The maximum absolute atomic E-state index is 9.09. The summed E-state index contributed by atoms with van der Waals surface area (Å²) in [6.07, 6.45) is 4.22. The molecule has 1 aliphatic rings. The summed E-state index contributed by atoms with van der Waals surface area (Å²) in [7, 11) is 0. The lowest BCUT2D eigenvalue weighted by Gasteiger charge is -2.27. The van der Waals surface area contributed by atoms with Crippen molar-refractivity contribution < 1.29 is 5.11 Å². The second-order valence-electron chi connectivity index (χ2n) is 4.64. The quantitative estimate of drug-likeness (QED) is 0.659. The first kappa shape index (κ1) is 11.0. The lowest BCUT2D eigenvalue weighted by atomic mass is 9.85. The van der Waals surface area contributed by atoms with Gasteiger partial charge in [0.1, 0.15) is 0 Å². The van der Waals surface area contributed by atoms with E-state index in [1.807, 2.05) is 0 Å². The standard InChI is InChI=1S/C11H23NO/c1-9(2)11(8-13)7-12-6-10-4-3-5-10/h9-13H,3-8H2,1-2H3. The van der Waals surface area contributed by atoms with Crippen LogP contribution in [0.25, 0.3) is 0 Å². The van der Waals surface area contributed by atoms with Crippen LogP contribution in [0.4, 0.5) is 0 Å². The number of hydrogen-bond donors (Lipinski definition) is 2. The Morgan fingerprint density at radius 2 is 2.08 bits per heavy atom. The number of aliphatic hydroxyl groups is 1. The third-order valence-corrected chi connectivity index (χ3v) is 3.24. The highest BCUT2D eigenvalue weighted by Gasteiger charge is 2.18. The molecule has 1 rings (SSSR count). The fourth-order valence-electron chi connectivity index (χ4n) is 1.68. The highest BCUT2D eigenvalue weighted by molar-refractivity contribution is 4.73. The van der Waals surface area contributed by atoms with Crippen LogP contribution in [-0.2, 0) is 0 Å². The van der Waals surface area contributed by atoms with Crippen molar-refractivity contribution in [1.29, 1.82) is 0 Å². The molecule has 0 aliphatic heterocycles. The predicted octanol–water partition coefficient (Wildman–Crippen LogP) is 1.64. The van der Waals surface area contributed by atoms with Crippen molar-refractivity contribution >= 4 is 0 Å². The summed E-state index contributed by atoms with van der Waals surface area (Å²) in [4.78, 5) is 0. The van der Waals surface area contributed by atoms with E-state index >= 15 is 0 Å². The fourth-order valence-corrected chi connectivity index (χ4v) is 1.68. The van der Waals surface area contributed by atoms with Gasteiger partial charge in [-0.15, -0.1) is 0 Å². The van der Waals surface area contributed by atoms with E-state index in [-0.39, 0.29) is 0 Å². The Balaban J connectivity index is 2.01. The van der Waals surface area contributed by atoms with Crippen molar-refractivity contribution in [3.63, 3.8) is 0 Å². The summed E-state index contributed by atoms with van der Waals surface area (Å²) in [5, 5.41) is 12.6. The van der Waals surface area contributed by atoms with Gasteiger partial charge in [0.25, 0.3) is 0 Å². The minimum atomic E-state index is 0.315. The van der Waals surface area contributed by atoms with Crippen LogP contribution < -0.4 is 5.32 Å². The molecule has 1 atom stereocenters. The molecule has 0 amide bonds. The molecule has 0 spiro atoms. The Kier molecular flexibility index (Phi) is 4.74. The Labute approximate surface area is 81.7 Å². The summed E-state index contributed by atoms with van der Waals surface area (Å²) >= 11 is 0. The first-order chi connectivity index (χ1) is 6.24. The van der Waals surface area contributed by atoms with Gasteiger partial charge >= 0.3 is 0 Å². The third kappa shape index (κ3) is 3.65. The average Bonchev–Trinajstić information content (AvgIpc) is 2.00. The van der Waals surface area contributed by atoms with Gasteiger partial charge in [-0.2, -0.15) is 0 Å². The van der Waals surface area contributed by atoms with Crippen molar-refractivity contribution in [2.75, 3.05) is 19.7 Å². The fraction of sp³-hybridized carbons (Fsp3) is 1.00. The van der Waals surface area contributed by atoms with Crippen LogP contribution in [0.5, 0.6) is 0 Å². The molecular weight excluding hydrogens is 162 g/mol. The van der Waals surface area contributed by atoms with E-state index < -0.39 is 0 Å². The number of aliphatic hydroxyl groups excluding tert-OH is 1. The van der Waals surface area contributed by atoms with Gasteiger partial charge in [-0.3, -0.25) is 0 Å². The van der Waals surface area contributed by atoms with Crippen molar-refractivity contribution in [1.82, 2.24) is 5.32 Å². The summed E-state index contributed by atoms with van der Waals surface area (Å²) in [6, 6.07) is 0. The second kappa shape index (κ2) is 5.61. The van der Waals surface area contributed by atoms with Gasteiger partial charge in [-0.25, -0.2) is 0 Å². The van der Waals surface area contributed by atoms with E-state index in [0.29, 0.717) is 18.4 Å². The first-order valence-electron chi connectivity index (χ1n) is 5.55. The van der Waals surface area contributed by atoms with Crippen molar-refractivity contribution in [2.24, 2.45) is 17.8 Å². The van der Waals surface area contributed by atoms with Gasteiger partial charge in [-0.05, 0) is 37.1 Å². The molecule has 0 aromatic carbocycles. The number of nitrogens with one attached hydrogen (secondary N) is 1. The molecule has 0 aromatic rings. The minimum absolute atomic E-state index is 0.315. The molecule has 13 heavy (non-hydrogen) atoms. The molecule has 2 N–H and O–H groups in total. The van der Waals surface area contributed by atoms with E-state index in [1.54, 1.807) is 0 Å². The summed E-state index contributed by atoms with van der Waals surface area (Å²) in [6.45, 7) is 6.79. The van der Waals surface area contributed by atoms with Crippen molar-refractivity contribution in [3.8, 4) is 0 Å². The zero-order chi connectivity index (χ0) is 9.68. The maximum atomic E-state index is 9.09. The smallest absolute Gasteiger partial charge is 0.0473 e. The van der Waals surface area contributed by atoms with Gasteiger partial charge in [0.2, 0.25) is 0 Å². The van der Waals surface area contributed by atoms with Crippen LogP contribution >= 0.6 is 0 Å². The Morgan fingerprint density at radius 1 is 1.38 bits per heavy atom. The minimum Gasteiger partial charge on any atom is -0.396 e. The molecular formula is C11H23NO. The Morgan fingerprint density at radius 3 is 2.46 bits per heavy atom. The molecule has 0 heterocycles. The van der Waals surface area contributed by atoms with Crippen LogP contribution in [-0.4, -0.2) is 24.8 Å². The molecule has 2 nitrogen and oxygen atoms in total. The molecule has 1 saturated carbocycles. The zero-order valence-electron chi connectivity index (χ0n) is 8.92. The lowest BCUT2D eigenvalue weighted by molar-refractivity contribution is 0.181. The van der Waals surface area contributed by atoms with E-state index in [9.17, 15) is 0 Å². The third-order valence-electron chi connectivity index (χ3n) is 3.24. The normalized spacial score (nSPS) is 20.3. The molecule has 1 unspecified atom stereocenters. The predicted molar refractivity (Wildman–Crippen MR) is 55.6 cm³/mol. The van der Waals surface area contributed by atoms with Crippen LogP contribution in [0.15, 0.2) is 0 Å². The molecule has 0 saturated heterocycles. The van der Waals surface area contributed by atoms with Gasteiger partial charge in [0.05, 0.1) is 0 Å². The summed E-state index contributed by atoms with van der Waals surface area (Å²) in [5.41, 5.74) is 0. The van der Waals surface area contributed by atoms with E-state index in [1.165, 1.54) is 19.3 Å². The highest BCUT2D eigenvalue weighted by atomic mass is 16.3. The highest BCUT2D eigenvalue weighted by Crippen LogP contribution is 2.25. The van der Waals surface area contributed by atoms with E-state index in [2.05, 4.69) is 19.2 Å². The van der Waals surface area contributed by atoms with Crippen molar-refractivity contribution in [3.05, 3.63) is 0 Å². The number of hydrogen-bond acceptors (Lipinski definition) is 2. The molecule has 0 aromatic heterocycles. The SMILES string of the molecule is CC(C)C(CO)CNCC1CCC1. The Hall–Kier alpha value is -0.0800. The van der Waals surface area contributed by atoms with Gasteiger partial charge in [0, 0.05) is 13.2 Å². The van der Waals surface area contributed by atoms with Gasteiger partial charge in [0.15, 0.2) is 0 Å². The van der Waals surface area contributed by atoms with Crippen LogP contribution in [0.3, 0.4) is 0 Å². The van der Waals surface area contributed by atoms with Crippen LogP contribution in [0.1, 0.15) is 33.1 Å². The molecule has 0 radical (unpaired) electrons. The second-order valence-corrected chi connectivity index (χ2v) is 4.64. The maximum Gasteiger partial charge on any atom is 0.0473 e. The van der Waals surface area contributed by atoms with E-state index in [0.717, 1.165) is 19.0 Å². The summed E-state index contributed by atoms with van der Waals surface area (Å²) in [5.74, 6) is 1.94. The monoisotopic (exact) mass is 185 g/mol. The first-order valence-corrected chi connectivity index (χ1v) is 5.55. The topological polar surface area (TPSA) is 32.3 Å². The van der Waals surface area contributed by atoms with Crippen LogP contribution in [0, 0.1) is 17.8 Å². The lowest BCUT2D eigenvalue weighted by Crippen LogP contribution is -2.34. The molecule has 0 bridgehead atoms. The summed E-state index contributed by atoms with van der Waals surface area (Å²) < 4.78 is 0. The molecule has 78 valence electrons. The van der Waals surface area contributed by atoms with Gasteiger partial charge in [-0.1, -0.05) is 20.3 Å².